The molecule has 0 aliphatic carbocycles. The molecule has 1 aliphatic heterocycles. The van der Waals surface area contributed by atoms with Gasteiger partial charge in [0.05, 0.1) is 13.0 Å². The maximum absolute atomic E-state index is 14.0. The van der Waals surface area contributed by atoms with Gasteiger partial charge in [-0.3, -0.25) is 9.59 Å². The molecule has 0 aromatic heterocycles. The molecule has 2 rings (SSSR count). The second-order valence-corrected chi connectivity index (χ2v) is 4.56. The van der Waals surface area contributed by atoms with E-state index in [0.29, 0.717) is 0 Å². The lowest BCUT2D eigenvalue weighted by Gasteiger charge is -2.29. The van der Waals surface area contributed by atoms with E-state index in [2.05, 4.69) is 5.32 Å². The second-order valence-electron chi connectivity index (χ2n) is 4.56. The van der Waals surface area contributed by atoms with E-state index >= 15 is 0 Å². The standard InChI is InChI=1S/C13H13F2NO4/c1-20-6-2-9(14)12(10(15)3-6)7-4-11(17)16-5-8(7)13(18)19/h2-3,7-8H,4-5H2,1H3,(H,16,17)(H,18,19)/t7-,8-/m0/s1. The smallest absolute Gasteiger partial charge is 0.308 e. The third-order valence-corrected chi connectivity index (χ3v) is 3.39. The van der Waals surface area contributed by atoms with Crippen LogP contribution in [-0.4, -0.2) is 30.6 Å². The first-order chi connectivity index (χ1) is 9.43. The first-order valence-corrected chi connectivity index (χ1v) is 5.96. The van der Waals surface area contributed by atoms with Crippen LogP contribution in [0.2, 0.25) is 0 Å². The van der Waals surface area contributed by atoms with Crippen LogP contribution in [-0.2, 0) is 9.59 Å². The van der Waals surface area contributed by atoms with Crippen LogP contribution in [0.5, 0.6) is 5.75 Å². The largest absolute Gasteiger partial charge is 0.497 e. The van der Waals surface area contributed by atoms with Crippen LogP contribution in [0.4, 0.5) is 8.78 Å². The number of carboxylic acid groups (broad SMARTS) is 1. The number of methoxy groups -OCH3 is 1. The number of piperidine rings is 1. The van der Waals surface area contributed by atoms with Crippen LogP contribution in [0.1, 0.15) is 17.9 Å². The Labute approximate surface area is 113 Å². The Hall–Kier alpha value is -2.18. The molecular weight excluding hydrogens is 272 g/mol. The fourth-order valence-electron chi connectivity index (χ4n) is 2.38. The number of benzene rings is 1. The lowest BCUT2D eigenvalue weighted by molar-refractivity contribution is -0.144. The van der Waals surface area contributed by atoms with Gasteiger partial charge in [0.25, 0.3) is 0 Å². The van der Waals surface area contributed by atoms with Crippen molar-refractivity contribution in [2.24, 2.45) is 5.92 Å². The Morgan fingerprint density at radius 3 is 2.50 bits per heavy atom. The van der Waals surface area contributed by atoms with E-state index in [9.17, 15) is 18.4 Å². The predicted octanol–water partition coefficient (Wildman–Crippen LogP) is 1.28. The van der Waals surface area contributed by atoms with E-state index in [4.69, 9.17) is 9.84 Å². The Bertz CT molecular complexity index is 538. The number of rotatable bonds is 3. The Balaban J connectivity index is 2.46. The molecule has 2 atom stereocenters. The van der Waals surface area contributed by atoms with E-state index in [1.807, 2.05) is 0 Å². The topological polar surface area (TPSA) is 75.6 Å². The maximum atomic E-state index is 14.0. The van der Waals surface area contributed by atoms with Crippen molar-refractivity contribution in [1.82, 2.24) is 5.32 Å². The van der Waals surface area contributed by atoms with E-state index in [1.54, 1.807) is 0 Å². The molecule has 20 heavy (non-hydrogen) atoms. The third kappa shape index (κ3) is 2.56. The molecule has 1 heterocycles. The number of ether oxygens (including phenoxy) is 1. The van der Waals surface area contributed by atoms with E-state index in [0.717, 1.165) is 12.1 Å². The summed E-state index contributed by atoms with van der Waals surface area (Å²) < 4.78 is 32.7. The first-order valence-electron chi connectivity index (χ1n) is 5.96. The van der Waals surface area contributed by atoms with Crippen molar-refractivity contribution in [2.75, 3.05) is 13.7 Å². The van der Waals surface area contributed by atoms with Crippen molar-refractivity contribution in [3.63, 3.8) is 0 Å². The highest BCUT2D eigenvalue weighted by Crippen LogP contribution is 2.36. The molecule has 1 saturated heterocycles. The molecule has 1 amide bonds. The number of amides is 1. The lowest BCUT2D eigenvalue weighted by atomic mass is 9.80. The lowest BCUT2D eigenvalue weighted by Crippen LogP contribution is -2.43. The molecule has 7 heteroatoms. The average Bonchev–Trinajstić information content (AvgIpc) is 2.37. The Kier molecular flexibility index (Phi) is 3.87. The van der Waals surface area contributed by atoms with Gasteiger partial charge in [-0.15, -0.1) is 0 Å². The molecule has 2 N–H and O–H groups in total. The van der Waals surface area contributed by atoms with Crippen LogP contribution in [0.25, 0.3) is 0 Å². The zero-order valence-electron chi connectivity index (χ0n) is 10.7. The van der Waals surface area contributed by atoms with Gasteiger partial charge in [0.2, 0.25) is 5.91 Å². The highest BCUT2D eigenvalue weighted by atomic mass is 19.1. The number of nitrogens with one attached hydrogen (secondary N) is 1. The molecule has 0 saturated carbocycles. The maximum Gasteiger partial charge on any atom is 0.308 e. The number of aliphatic carboxylic acids is 1. The molecule has 0 bridgehead atoms. The SMILES string of the molecule is COc1cc(F)c([C@H]2CC(=O)NC[C@@H]2C(=O)O)c(F)c1. The van der Waals surface area contributed by atoms with Gasteiger partial charge in [0, 0.05) is 36.6 Å². The van der Waals surface area contributed by atoms with Crippen LogP contribution >= 0.6 is 0 Å². The van der Waals surface area contributed by atoms with Gasteiger partial charge < -0.3 is 15.2 Å². The molecule has 108 valence electrons. The number of halogens is 2. The molecule has 1 aromatic carbocycles. The summed E-state index contributed by atoms with van der Waals surface area (Å²) in [7, 11) is 1.27. The number of hydrogen-bond donors (Lipinski definition) is 2. The summed E-state index contributed by atoms with van der Waals surface area (Å²) in [4.78, 5) is 22.6. The number of carbonyl (C=O) groups is 2. The van der Waals surface area contributed by atoms with Crippen molar-refractivity contribution in [3.8, 4) is 5.75 Å². The highest BCUT2D eigenvalue weighted by Gasteiger charge is 2.38. The highest BCUT2D eigenvalue weighted by molar-refractivity contribution is 5.82. The summed E-state index contributed by atoms with van der Waals surface area (Å²) in [5, 5.41) is 11.5. The zero-order valence-corrected chi connectivity index (χ0v) is 10.7. The summed E-state index contributed by atoms with van der Waals surface area (Å²) in [5.41, 5.74) is -0.381. The minimum absolute atomic E-state index is 0.00381. The molecule has 1 fully saturated rings. The molecule has 0 spiro atoms. The summed E-state index contributed by atoms with van der Waals surface area (Å²) in [6.45, 7) is -0.149. The van der Waals surface area contributed by atoms with Crippen molar-refractivity contribution in [2.45, 2.75) is 12.3 Å². The van der Waals surface area contributed by atoms with E-state index in [1.165, 1.54) is 7.11 Å². The summed E-state index contributed by atoms with van der Waals surface area (Å²) in [6.07, 6.45) is -0.267. The van der Waals surface area contributed by atoms with Gasteiger partial charge in [-0.25, -0.2) is 8.78 Å². The van der Waals surface area contributed by atoms with Crippen LogP contribution < -0.4 is 10.1 Å². The van der Waals surface area contributed by atoms with Gasteiger partial charge in [0.1, 0.15) is 17.4 Å². The molecule has 5 nitrogen and oxygen atoms in total. The van der Waals surface area contributed by atoms with Gasteiger partial charge in [-0.1, -0.05) is 0 Å². The number of carboxylic acids is 1. The van der Waals surface area contributed by atoms with Crippen molar-refractivity contribution < 1.29 is 28.2 Å². The van der Waals surface area contributed by atoms with Crippen molar-refractivity contribution >= 4 is 11.9 Å². The van der Waals surface area contributed by atoms with Gasteiger partial charge in [-0.05, 0) is 0 Å². The quantitative estimate of drug-likeness (QED) is 0.877. The minimum Gasteiger partial charge on any atom is -0.497 e. The molecule has 1 aliphatic rings. The fraction of sp³-hybridized carbons (Fsp3) is 0.385. The van der Waals surface area contributed by atoms with E-state index in [-0.39, 0.29) is 24.3 Å². The Morgan fingerprint density at radius 1 is 1.40 bits per heavy atom. The van der Waals surface area contributed by atoms with Crippen LogP contribution in [0.3, 0.4) is 0 Å². The minimum atomic E-state index is -1.20. The molecule has 1 aromatic rings. The second kappa shape index (κ2) is 5.44. The fourth-order valence-corrected chi connectivity index (χ4v) is 2.38. The Morgan fingerprint density at radius 2 is 2.00 bits per heavy atom. The predicted molar refractivity (Wildman–Crippen MR) is 64.4 cm³/mol. The van der Waals surface area contributed by atoms with E-state index < -0.39 is 35.3 Å². The average molecular weight is 285 g/mol. The van der Waals surface area contributed by atoms with Crippen molar-refractivity contribution in [1.29, 1.82) is 0 Å². The van der Waals surface area contributed by atoms with Gasteiger partial charge in [-0.2, -0.15) is 0 Å². The number of hydrogen-bond acceptors (Lipinski definition) is 3. The summed E-state index contributed by atoms with van der Waals surface area (Å²) in [6, 6.07) is 1.95. The monoisotopic (exact) mass is 285 g/mol. The molecule has 0 radical (unpaired) electrons. The van der Waals surface area contributed by atoms with Crippen LogP contribution in [0.15, 0.2) is 12.1 Å². The zero-order chi connectivity index (χ0) is 14.9. The van der Waals surface area contributed by atoms with Crippen LogP contribution in [0, 0.1) is 17.6 Å². The van der Waals surface area contributed by atoms with Gasteiger partial charge in [0.15, 0.2) is 0 Å². The first kappa shape index (κ1) is 14.2. The normalized spacial score (nSPS) is 22.2. The number of carbonyl (C=O) groups excluding carboxylic acids is 1. The van der Waals surface area contributed by atoms with Crippen molar-refractivity contribution in [3.05, 3.63) is 29.3 Å². The molecular formula is C13H13F2NO4. The summed E-state index contributed by atoms with van der Waals surface area (Å²) >= 11 is 0. The summed E-state index contributed by atoms with van der Waals surface area (Å²) in [5.74, 6) is -5.56. The third-order valence-electron chi connectivity index (χ3n) is 3.39. The molecule has 0 unspecified atom stereocenters. The van der Waals surface area contributed by atoms with Gasteiger partial charge >= 0.3 is 5.97 Å².